The number of rotatable bonds is 5. The van der Waals surface area contributed by atoms with Crippen LogP contribution in [0.15, 0.2) is 140 Å². The predicted octanol–water partition coefficient (Wildman–Crippen LogP) is 10.2. The van der Waals surface area contributed by atoms with Crippen molar-refractivity contribution in [2.45, 2.75) is 48.2 Å². The van der Waals surface area contributed by atoms with E-state index in [0.717, 1.165) is 11.1 Å². The van der Waals surface area contributed by atoms with E-state index < -0.39 is 41.8 Å². The summed E-state index contributed by atoms with van der Waals surface area (Å²) in [6.45, 7) is 0. The van der Waals surface area contributed by atoms with Gasteiger partial charge in [-0.25, -0.2) is 0 Å². The van der Waals surface area contributed by atoms with Crippen molar-refractivity contribution in [3.8, 4) is 69.0 Å². The molecule has 7 unspecified atom stereocenters. The lowest BCUT2D eigenvalue weighted by atomic mass is 9.72. The molecule has 4 aliphatic rings. The molecule has 0 saturated heterocycles. The van der Waals surface area contributed by atoms with E-state index in [1.54, 1.807) is 103 Å². The SMILES string of the molecule is Oc1ccc(C2Oc3cc(O)cc4c3C2c2cc(O)cc(O)c2C(c2ccc(O)c(C3c5cc(O)cc6c5C(c5cc(O)cc(O)c5C3c3ccc(O)cc3)C(c3ccc(O)cc3)O6)c2)C4)cc1. The van der Waals surface area contributed by atoms with E-state index in [-0.39, 0.29) is 63.9 Å². The average molecular weight is 907 g/mol. The molecule has 12 heteroatoms. The molecule has 8 aromatic carbocycles. The monoisotopic (exact) mass is 906 g/mol. The van der Waals surface area contributed by atoms with Gasteiger partial charge in [0.25, 0.3) is 0 Å². The van der Waals surface area contributed by atoms with Gasteiger partial charge < -0.3 is 60.5 Å². The van der Waals surface area contributed by atoms with E-state index in [2.05, 4.69) is 0 Å². The Morgan fingerprint density at radius 2 is 0.750 bits per heavy atom. The first-order valence-corrected chi connectivity index (χ1v) is 22.2. The van der Waals surface area contributed by atoms with Gasteiger partial charge in [-0.05, 0) is 118 Å². The van der Waals surface area contributed by atoms with Gasteiger partial charge in [-0.3, -0.25) is 0 Å². The third kappa shape index (κ3) is 6.28. The largest absolute Gasteiger partial charge is 0.508 e. The van der Waals surface area contributed by atoms with Gasteiger partial charge in [-0.2, -0.15) is 0 Å². The van der Waals surface area contributed by atoms with Crippen LogP contribution in [0.25, 0.3) is 0 Å². The van der Waals surface area contributed by atoms with E-state index in [1.165, 1.54) is 30.3 Å². The molecule has 338 valence electrons. The molecule has 2 aliphatic heterocycles. The second-order valence-electron chi connectivity index (χ2n) is 18.2. The summed E-state index contributed by atoms with van der Waals surface area (Å²) in [4.78, 5) is 0. The molecular weight excluding hydrogens is 865 g/mol. The number of hydrogen-bond acceptors (Lipinski definition) is 12. The normalized spacial score (nSPS) is 21.6. The maximum absolute atomic E-state index is 12.3. The van der Waals surface area contributed by atoms with Crippen molar-refractivity contribution in [3.63, 3.8) is 0 Å². The lowest BCUT2D eigenvalue weighted by molar-refractivity contribution is 0.221. The molecular formula is C56H42O12. The maximum atomic E-state index is 12.3. The molecule has 7 atom stereocenters. The van der Waals surface area contributed by atoms with Crippen molar-refractivity contribution in [3.05, 3.63) is 212 Å². The average Bonchev–Trinajstić information content (AvgIpc) is 3.79. The summed E-state index contributed by atoms with van der Waals surface area (Å²) in [5.41, 5.74) is 7.66. The van der Waals surface area contributed by atoms with Crippen LogP contribution >= 0.6 is 0 Å². The molecule has 0 spiro atoms. The zero-order chi connectivity index (χ0) is 46.9. The van der Waals surface area contributed by atoms with Crippen molar-refractivity contribution >= 4 is 0 Å². The van der Waals surface area contributed by atoms with E-state index in [1.807, 2.05) is 6.07 Å². The van der Waals surface area contributed by atoms with Gasteiger partial charge in [0.05, 0.1) is 11.8 Å². The first kappa shape index (κ1) is 40.8. The van der Waals surface area contributed by atoms with E-state index in [9.17, 15) is 51.1 Å². The fraction of sp³-hybridized carbons (Fsp3) is 0.143. The number of hydrogen-bond donors (Lipinski definition) is 10. The molecule has 0 amide bonds. The highest BCUT2D eigenvalue weighted by Gasteiger charge is 2.49. The Hall–Kier alpha value is -8.64. The molecule has 0 bridgehead atoms. The van der Waals surface area contributed by atoms with Crippen LogP contribution in [0.4, 0.5) is 0 Å². The Morgan fingerprint density at radius 1 is 0.309 bits per heavy atom. The Labute approximate surface area is 388 Å². The summed E-state index contributed by atoms with van der Waals surface area (Å²) in [5.74, 6) is -3.93. The maximum Gasteiger partial charge on any atom is 0.135 e. The molecule has 10 N–H and O–H groups in total. The zero-order valence-corrected chi connectivity index (χ0v) is 35.8. The number of fused-ring (bicyclic) bond motifs is 4. The summed E-state index contributed by atoms with van der Waals surface area (Å²) in [5, 5.41) is 113. The first-order chi connectivity index (χ1) is 32.8. The lowest BCUT2D eigenvalue weighted by Gasteiger charge is -2.32. The molecule has 12 nitrogen and oxygen atoms in total. The van der Waals surface area contributed by atoms with Crippen molar-refractivity contribution in [1.82, 2.24) is 0 Å². The Bertz CT molecular complexity index is 3370. The Morgan fingerprint density at radius 3 is 1.32 bits per heavy atom. The molecule has 68 heavy (non-hydrogen) atoms. The number of phenolic OH excluding ortho intramolecular Hbond substituents is 10. The van der Waals surface area contributed by atoms with E-state index >= 15 is 0 Å². The minimum Gasteiger partial charge on any atom is -0.508 e. The standard InChI is InChI=1S/C56H42O12/c57-30-8-1-25(2-9-30)48-50(40-20-36(63)24-46-52(40)54(41-19-35(62)22-44(66)51(41)48)56(68-46)27-5-12-32(59)13-6-27)38-16-28(7-14-42(38)64)37-17-29-15-33(60)23-45-47(29)53(39-18-34(61)21-43(65)49(37)39)55(67-45)26-3-10-31(58)11-4-26/h1-16,18-24,37,48,50,53-66H,17H2. The summed E-state index contributed by atoms with van der Waals surface area (Å²) in [7, 11) is 0. The van der Waals surface area contributed by atoms with Gasteiger partial charge in [0, 0.05) is 69.8 Å². The zero-order valence-electron chi connectivity index (χ0n) is 35.8. The van der Waals surface area contributed by atoms with Crippen molar-refractivity contribution in [2.75, 3.05) is 0 Å². The Kier molecular flexibility index (Phi) is 8.97. The summed E-state index contributed by atoms with van der Waals surface area (Å²) < 4.78 is 13.3. The minimum absolute atomic E-state index is 0.00380. The lowest BCUT2D eigenvalue weighted by Crippen LogP contribution is -2.17. The van der Waals surface area contributed by atoms with Gasteiger partial charge >= 0.3 is 0 Å². The van der Waals surface area contributed by atoms with Gasteiger partial charge in [0.15, 0.2) is 0 Å². The quantitative estimate of drug-likeness (QED) is 0.0780. The number of ether oxygens (including phenoxy) is 2. The molecule has 2 aliphatic carbocycles. The van der Waals surface area contributed by atoms with E-state index in [4.69, 9.17) is 9.47 Å². The molecule has 0 aromatic heterocycles. The van der Waals surface area contributed by atoms with Crippen molar-refractivity contribution in [2.24, 2.45) is 0 Å². The molecule has 8 aromatic rings. The first-order valence-electron chi connectivity index (χ1n) is 22.2. The van der Waals surface area contributed by atoms with Crippen LogP contribution in [0.2, 0.25) is 0 Å². The Balaban J connectivity index is 1.11. The predicted molar refractivity (Wildman–Crippen MR) is 248 cm³/mol. The van der Waals surface area contributed by atoms with Crippen molar-refractivity contribution < 1.29 is 60.5 Å². The number of benzene rings is 8. The topological polar surface area (TPSA) is 221 Å². The summed E-state index contributed by atoms with van der Waals surface area (Å²) in [6, 6.07) is 37.0. The fourth-order valence-corrected chi connectivity index (χ4v) is 11.7. The number of phenols is 10. The van der Waals surface area contributed by atoms with Crippen LogP contribution in [-0.2, 0) is 6.42 Å². The van der Waals surface area contributed by atoms with Crippen LogP contribution < -0.4 is 9.47 Å². The third-order valence-corrected chi connectivity index (χ3v) is 14.4. The van der Waals surface area contributed by atoms with Crippen LogP contribution in [0.1, 0.15) is 114 Å². The third-order valence-electron chi connectivity index (χ3n) is 14.4. The highest BCUT2D eigenvalue weighted by atomic mass is 16.5. The summed E-state index contributed by atoms with van der Waals surface area (Å²) in [6.07, 6.45) is -1.22. The molecule has 0 radical (unpaired) electrons. The highest BCUT2D eigenvalue weighted by molar-refractivity contribution is 5.69. The van der Waals surface area contributed by atoms with Gasteiger partial charge in [-0.15, -0.1) is 0 Å². The summed E-state index contributed by atoms with van der Waals surface area (Å²) >= 11 is 0. The fourth-order valence-electron chi connectivity index (χ4n) is 11.7. The second kappa shape index (κ2) is 14.9. The second-order valence-corrected chi connectivity index (χ2v) is 18.2. The van der Waals surface area contributed by atoms with Crippen LogP contribution in [0.3, 0.4) is 0 Å². The highest BCUT2D eigenvalue weighted by Crippen LogP contribution is 2.64. The smallest absolute Gasteiger partial charge is 0.135 e. The van der Waals surface area contributed by atoms with Crippen LogP contribution in [0.5, 0.6) is 69.0 Å². The molecule has 2 heterocycles. The number of aromatic hydroxyl groups is 10. The van der Waals surface area contributed by atoms with Gasteiger partial charge in [0.2, 0.25) is 0 Å². The van der Waals surface area contributed by atoms with Crippen LogP contribution in [-0.4, -0.2) is 51.1 Å². The van der Waals surface area contributed by atoms with Gasteiger partial charge in [0.1, 0.15) is 81.2 Å². The molecule has 12 rings (SSSR count). The van der Waals surface area contributed by atoms with Crippen LogP contribution in [0, 0.1) is 0 Å². The molecule has 0 fully saturated rings. The van der Waals surface area contributed by atoms with Crippen molar-refractivity contribution in [1.29, 1.82) is 0 Å². The van der Waals surface area contributed by atoms with E-state index in [0.29, 0.717) is 72.7 Å². The minimum atomic E-state index is -0.915. The molecule has 0 saturated carbocycles. The van der Waals surface area contributed by atoms with Gasteiger partial charge in [-0.1, -0.05) is 48.5 Å².